The first-order valence-corrected chi connectivity index (χ1v) is 5.50. The van der Waals surface area contributed by atoms with Crippen LogP contribution in [-0.4, -0.2) is 28.6 Å². The molecule has 0 bridgehead atoms. The zero-order valence-corrected chi connectivity index (χ0v) is 9.60. The molecule has 78 valence electrons. The van der Waals surface area contributed by atoms with Crippen molar-refractivity contribution in [3.8, 4) is 6.07 Å². The third kappa shape index (κ3) is 3.51. The van der Waals surface area contributed by atoms with Gasteiger partial charge in [0.1, 0.15) is 0 Å². The number of hydrogen-bond donors (Lipinski definition) is 1. The standard InChI is InChI=1S/C10H17N3S/c1-8(2)12-10(14)13(7-3-6-11)9-4-5-9/h8-9H,3-5,7H2,1-2H3,(H,12,14). The van der Waals surface area contributed by atoms with Gasteiger partial charge in [0, 0.05) is 18.6 Å². The average Bonchev–Trinajstić information content (AvgIpc) is 2.87. The normalized spacial score (nSPS) is 15.0. The monoisotopic (exact) mass is 211 g/mol. The molecule has 0 aromatic heterocycles. The molecule has 0 unspecified atom stereocenters. The number of hydrogen-bond acceptors (Lipinski definition) is 2. The van der Waals surface area contributed by atoms with Gasteiger partial charge in [-0.05, 0) is 38.9 Å². The van der Waals surface area contributed by atoms with Crippen LogP contribution in [0.25, 0.3) is 0 Å². The predicted molar refractivity (Wildman–Crippen MR) is 60.8 cm³/mol. The van der Waals surface area contributed by atoms with Crippen LogP contribution in [0.1, 0.15) is 33.1 Å². The summed E-state index contributed by atoms with van der Waals surface area (Å²) in [5.41, 5.74) is 0. The van der Waals surface area contributed by atoms with Gasteiger partial charge in [0.15, 0.2) is 5.11 Å². The quantitative estimate of drug-likeness (QED) is 0.718. The van der Waals surface area contributed by atoms with Gasteiger partial charge in [-0.2, -0.15) is 5.26 Å². The highest BCUT2D eigenvalue weighted by atomic mass is 32.1. The first-order chi connectivity index (χ1) is 6.65. The number of nitrogens with zero attached hydrogens (tertiary/aromatic N) is 2. The molecule has 1 rings (SSSR count). The van der Waals surface area contributed by atoms with E-state index in [-0.39, 0.29) is 0 Å². The topological polar surface area (TPSA) is 39.1 Å². The molecule has 0 heterocycles. The average molecular weight is 211 g/mol. The van der Waals surface area contributed by atoms with E-state index < -0.39 is 0 Å². The molecular weight excluding hydrogens is 194 g/mol. The van der Waals surface area contributed by atoms with Gasteiger partial charge in [-0.1, -0.05) is 0 Å². The molecule has 0 spiro atoms. The lowest BCUT2D eigenvalue weighted by atomic mass is 10.4. The summed E-state index contributed by atoms with van der Waals surface area (Å²) in [6, 6.07) is 3.11. The molecule has 0 saturated heterocycles. The largest absolute Gasteiger partial charge is 0.360 e. The number of thiocarbonyl (C=S) groups is 1. The summed E-state index contributed by atoms with van der Waals surface area (Å²) in [6.45, 7) is 4.91. The molecule has 0 aliphatic heterocycles. The molecule has 14 heavy (non-hydrogen) atoms. The molecule has 0 atom stereocenters. The number of rotatable bonds is 4. The highest BCUT2D eigenvalue weighted by molar-refractivity contribution is 7.80. The zero-order valence-electron chi connectivity index (χ0n) is 8.79. The molecule has 0 radical (unpaired) electrons. The van der Waals surface area contributed by atoms with E-state index >= 15 is 0 Å². The maximum absolute atomic E-state index is 8.54. The van der Waals surface area contributed by atoms with Gasteiger partial charge in [0.05, 0.1) is 12.5 Å². The van der Waals surface area contributed by atoms with Crippen molar-refractivity contribution in [3.63, 3.8) is 0 Å². The maximum atomic E-state index is 8.54. The summed E-state index contributed by atoms with van der Waals surface area (Å²) in [4.78, 5) is 2.15. The summed E-state index contributed by atoms with van der Waals surface area (Å²) in [7, 11) is 0. The second-order valence-corrected chi connectivity index (χ2v) is 4.32. The second kappa shape index (κ2) is 5.16. The van der Waals surface area contributed by atoms with Gasteiger partial charge in [0.2, 0.25) is 0 Å². The van der Waals surface area contributed by atoms with Gasteiger partial charge in [-0.15, -0.1) is 0 Å². The van der Waals surface area contributed by atoms with Gasteiger partial charge >= 0.3 is 0 Å². The summed E-state index contributed by atoms with van der Waals surface area (Å²) in [6.07, 6.45) is 2.98. The van der Waals surface area contributed by atoms with Crippen LogP contribution in [0.15, 0.2) is 0 Å². The molecule has 4 heteroatoms. The fourth-order valence-corrected chi connectivity index (χ4v) is 1.81. The van der Waals surface area contributed by atoms with Crippen LogP contribution in [-0.2, 0) is 0 Å². The van der Waals surface area contributed by atoms with Crippen molar-refractivity contribution >= 4 is 17.3 Å². The van der Waals surface area contributed by atoms with Crippen LogP contribution < -0.4 is 5.32 Å². The van der Waals surface area contributed by atoms with Crippen molar-refractivity contribution in [1.82, 2.24) is 10.2 Å². The van der Waals surface area contributed by atoms with Gasteiger partial charge in [-0.3, -0.25) is 0 Å². The van der Waals surface area contributed by atoms with Crippen LogP contribution in [0, 0.1) is 11.3 Å². The van der Waals surface area contributed by atoms with E-state index in [1.54, 1.807) is 0 Å². The lowest BCUT2D eigenvalue weighted by molar-refractivity contribution is 0.406. The van der Waals surface area contributed by atoms with Crippen LogP contribution in [0.5, 0.6) is 0 Å². The van der Waals surface area contributed by atoms with Crippen molar-refractivity contribution in [2.75, 3.05) is 6.54 Å². The minimum atomic E-state index is 0.367. The molecule has 3 nitrogen and oxygen atoms in total. The van der Waals surface area contributed by atoms with Crippen LogP contribution in [0.2, 0.25) is 0 Å². The highest BCUT2D eigenvalue weighted by Gasteiger charge is 2.30. The van der Waals surface area contributed by atoms with Gasteiger partial charge < -0.3 is 10.2 Å². The summed E-state index contributed by atoms with van der Waals surface area (Å²) in [5, 5.41) is 12.6. The van der Waals surface area contributed by atoms with E-state index in [4.69, 9.17) is 17.5 Å². The lowest BCUT2D eigenvalue weighted by Crippen LogP contribution is -2.44. The Balaban J connectivity index is 2.41. The Hall–Kier alpha value is -0.820. The Morgan fingerprint density at radius 2 is 2.29 bits per heavy atom. The molecule has 1 aliphatic carbocycles. The summed E-state index contributed by atoms with van der Waals surface area (Å²) in [5.74, 6) is 0. The Morgan fingerprint density at radius 3 is 2.71 bits per heavy atom. The molecule has 0 aromatic rings. The van der Waals surface area contributed by atoms with Gasteiger partial charge in [0.25, 0.3) is 0 Å². The van der Waals surface area contributed by atoms with Crippen LogP contribution in [0.4, 0.5) is 0 Å². The zero-order chi connectivity index (χ0) is 10.6. The SMILES string of the molecule is CC(C)NC(=S)N(CCC#N)C1CC1. The Labute approximate surface area is 91.1 Å². The molecule has 1 aliphatic rings. The predicted octanol–water partition coefficient (Wildman–Crippen LogP) is 1.65. The fraction of sp³-hybridized carbons (Fsp3) is 0.800. The van der Waals surface area contributed by atoms with E-state index in [1.165, 1.54) is 12.8 Å². The fourth-order valence-electron chi connectivity index (χ4n) is 1.34. The molecule has 0 aromatic carbocycles. The summed E-state index contributed by atoms with van der Waals surface area (Å²) >= 11 is 5.29. The van der Waals surface area contributed by atoms with E-state index in [9.17, 15) is 0 Å². The van der Waals surface area contributed by atoms with E-state index in [1.807, 2.05) is 0 Å². The van der Waals surface area contributed by atoms with E-state index in [0.717, 1.165) is 11.7 Å². The maximum Gasteiger partial charge on any atom is 0.169 e. The first-order valence-electron chi connectivity index (χ1n) is 5.09. The second-order valence-electron chi connectivity index (χ2n) is 3.94. The minimum Gasteiger partial charge on any atom is -0.360 e. The van der Waals surface area contributed by atoms with Crippen molar-refractivity contribution in [2.24, 2.45) is 0 Å². The third-order valence-corrected chi connectivity index (χ3v) is 2.48. The van der Waals surface area contributed by atoms with Crippen molar-refractivity contribution in [1.29, 1.82) is 5.26 Å². The molecule has 1 fully saturated rings. The van der Waals surface area contributed by atoms with Crippen molar-refractivity contribution in [3.05, 3.63) is 0 Å². The number of nitriles is 1. The van der Waals surface area contributed by atoms with E-state index in [2.05, 4.69) is 30.1 Å². The third-order valence-electron chi connectivity index (χ3n) is 2.13. The Bertz CT molecular complexity index is 240. The molecule has 1 saturated carbocycles. The molecule has 0 amide bonds. The summed E-state index contributed by atoms with van der Waals surface area (Å²) < 4.78 is 0. The first kappa shape index (κ1) is 11.3. The minimum absolute atomic E-state index is 0.367. The van der Waals surface area contributed by atoms with Crippen molar-refractivity contribution < 1.29 is 0 Å². The lowest BCUT2D eigenvalue weighted by Gasteiger charge is -2.26. The van der Waals surface area contributed by atoms with Crippen LogP contribution in [0.3, 0.4) is 0 Å². The highest BCUT2D eigenvalue weighted by Crippen LogP contribution is 2.26. The van der Waals surface area contributed by atoms with Crippen LogP contribution >= 0.6 is 12.2 Å². The Kier molecular flexibility index (Phi) is 4.15. The number of nitrogens with one attached hydrogen (secondary N) is 1. The molecule has 1 N–H and O–H groups in total. The smallest absolute Gasteiger partial charge is 0.169 e. The van der Waals surface area contributed by atoms with E-state index in [0.29, 0.717) is 18.5 Å². The Morgan fingerprint density at radius 1 is 1.64 bits per heavy atom. The molecular formula is C10H17N3S. The van der Waals surface area contributed by atoms with Crippen molar-refractivity contribution in [2.45, 2.75) is 45.2 Å². The van der Waals surface area contributed by atoms with Gasteiger partial charge in [-0.25, -0.2) is 0 Å².